The van der Waals surface area contributed by atoms with E-state index in [1.165, 1.54) is 23.3 Å². The predicted octanol–water partition coefficient (Wildman–Crippen LogP) is 5.00. The largest absolute Gasteiger partial charge is 0.398 e. The first kappa shape index (κ1) is 14.9. The van der Waals surface area contributed by atoms with Gasteiger partial charge in [-0.2, -0.15) is 0 Å². The molecular weight excluding hydrogens is 269 g/mol. The molecule has 0 bridgehead atoms. The second-order valence-electron chi connectivity index (χ2n) is 5.92. The highest BCUT2D eigenvalue weighted by atomic mass is 32.2. The fourth-order valence-corrected chi connectivity index (χ4v) is 2.84. The van der Waals surface area contributed by atoms with Crippen LogP contribution in [0.5, 0.6) is 0 Å². The summed E-state index contributed by atoms with van der Waals surface area (Å²) in [6.07, 6.45) is 0. The van der Waals surface area contributed by atoms with E-state index in [2.05, 4.69) is 45.0 Å². The molecule has 3 heteroatoms. The van der Waals surface area contributed by atoms with Crippen LogP contribution in [0, 0.1) is 5.82 Å². The molecule has 0 saturated carbocycles. The molecule has 0 saturated heterocycles. The zero-order valence-electron chi connectivity index (χ0n) is 12.1. The number of anilines is 1. The summed E-state index contributed by atoms with van der Waals surface area (Å²) in [7, 11) is 0. The summed E-state index contributed by atoms with van der Waals surface area (Å²) in [5, 5.41) is 0. The van der Waals surface area contributed by atoms with Crippen LogP contribution in [-0.2, 0) is 11.2 Å². The Bertz CT molecular complexity index is 585. The number of halogens is 1. The third-order valence-corrected chi connectivity index (χ3v) is 4.33. The molecule has 0 atom stereocenters. The average Bonchev–Trinajstić information content (AvgIpc) is 2.39. The standard InChI is InChI=1S/C17H20FNS/c1-17(2,3)13-6-4-12(5-7-13)11-20-16-10-14(18)8-9-15(16)19/h4-10H,11,19H2,1-3H3. The highest BCUT2D eigenvalue weighted by Crippen LogP contribution is 2.29. The molecule has 0 amide bonds. The molecular formula is C17H20FNS. The lowest BCUT2D eigenvalue weighted by molar-refractivity contribution is 0.590. The minimum Gasteiger partial charge on any atom is -0.398 e. The lowest BCUT2D eigenvalue weighted by Crippen LogP contribution is -2.10. The van der Waals surface area contributed by atoms with Gasteiger partial charge in [0.15, 0.2) is 0 Å². The summed E-state index contributed by atoms with van der Waals surface area (Å²) in [5.74, 6) is 0.544. The first-order valence-electron chi connectivity index (χ1n) is 6.63. The highest BCUT2D eigenvalue weighted by Gasteiger charge is 2.12. The number of hydrogen-bond donors (Lipinski definition) is 1. The first-order valence-corrected chi connectivity index (χ1v) is 7.62. The Hall–Kier alpha value is -1.48. The summed E-state index contributed by atoms with van der Waals surface area (Å²) in [6.45, 7) is 6.60. The molecule has 0 fully saturated rings. The van der Waals surface area contributed by atoms with Gasteiger partial charge in [-0.25, -0.2) is 4.39 Å². The van der Waals surface area contributed by atoms with Crippen molar-refractivity contribution in [2.75, 3.05) is 5.73 Å². The lowest BCUT2D eigenvalue weighted by atomic mass is 9.87. The second kappa shape index (κ2) is 5.88. The highest BCUT2D eigenvalue weighted by molar-refractivity contribution is 7.98. The van der Waals surface area contributed by atoms with Crippen LogP contribution in [0.1, 0.15) is 31.9 Å². The van der Waals surface area contributed by atoms with Crippen molar-refractivity contribution in [1.29, 1.82) is 0 Å². The molecule has 0 aromatic heterocycles. The number of benzene rings is 2. The minimum absolute atomic E-state index is 0.165. The third-order valence-electron chi connectivity index (χ3n) is 3.19. The first-order chi connectivity index (χ1) is 9.36. The van der Waals surface area contributed by atoms with Crippen molar-refractivity contribution in [2.24, 2.45) is 0 Å². The van der Waals surface area contributed by atoms with Crippen molar-refractivity contribution >= 4 is 17.4 Å². The van der Waals surface area contributed by atoms with Gasteiger partial charge in [-0.15, -0.1) is 11.8 Å². The quantitative estimate of drug-likeness (QED) is 0.636. The summed E-state index contributed by atoms with van der Waals surface area (Å²) in [5.41, 5.74) is 9.17. The topological polar surface area (TPSA) is 26.0 Å². The van der Waals surface area contributed by atoms with E-state index in [4.69, 9.17) is 5.73 Å². The van der Waals surface area contributed by atoms with Gasteiger partial charge < -0.3 is 5.73 Å². The van der Waals surface area contributed by atoms with Crippen LogP contribution in [0.15, 0.2) is 47.4 Å². The SMILES string of the molecule is CC(C)(C)c1ccc(CSc2cc(F)ccc2N)cc1. The maximum atomic E-state index is 13.2. The Morgan fingerprint density at radius 3 is 2.30 bits per heavy atom. The zero-order valence-corrected chi connectivity index (χ0v) is 12.9. The zero-order chi connectivity index (χ0) is 14.8. The van der Waals surface area contributed by atoms with Crippen LogP contribution in [-0.4, -0.2) is 0 Å². The predicted molar refractivity (Wildman–Crippen MR) is 85.5 cm³/mol. The number of nitrogen functional groups attached to an aromatic ring is 1. The van der Waals surface area contributed by atoms with Crippen LogP contribution in [0.2, 0.25) is 0 Å². The molecule has 20 heavy (non-hydrogen) atoms. The van der Waals surface area contributed by atoms with E-state index in [0.29, 0.717) is 5.69 Å². The van der Waals surface area contributed by atoms with Gasteiger partial charge in [0.25, 0.3) is 0 Å². The summed E-state index contributed by atoms with van der Waals surface area (Å²) >= 11 is 1.56. The van der Waals surface area contributed by atoms with Gasteiger partial charge in [-0.3, -0.25) is 0 Å². The Morgan fingerprint density at radius 1 is 1.05 bits per heavy atom. The molecule has 2 aromatic rings. The molecule has 2 aromatic carbocycles. The van der Waals surface area contributed by atoms with Crippen LogP contribution in [0.25, 0.3) is 0 Å². The molecule has 2 rings (SSSR count). The van der Waals surface area contributed by atoms with Crippen molar-refractivity contribution in [2.45, 2.75) is 36.8 Å². The van der Waals surface area contributed by atoms with E-state index in [-0.39, 0.29) is 11.2 Å². The smallest absolute Gasteiger partial charge is 0.124 e. The number of nitrogens with two attached hydrogens (primary N) is 1. The molecule has 106 valence electrons. The van der Waals surface area contributed by atoms with Crippen LogP contribution in [0.4, 0.5) is 10.1 Å². The number of thioether (sulfide) groups is 1. The Labute approximate surface area is 124 Å². The molecule has 0 aliphatic heterocycles. The minimum atomic E-state index is -0.246. The third kappa shape index (κ3) is 3.76. The Balaban J connectivity index is 2.06. The Kier molecular flexibility index (Phi) is 4.39. The number of hydrogen-bond acceptors (Lipinski definition) is 2. The molecule has 0 spiro atoms. The molecule has 0 unspecified atom stereocenters. The Morgan fingerprint density at radius 2 is 1.70 bits per heavy atom. The fraction of sp³-hybridized carbons (Fsp3) is 0.294. The molecule has 0 aliphatic carbocycles. The van der Waals surface area contributed by atoms with Gasteiger partial charge in [-0.05, 0) is 34.7 Å². The van der Waals surface area contributed by atoms with Gasteiger partial charge in [0.2, 0.25) is 0 Å². The van der Waals surface area contributed by atoms with E-state index in [1.807, 2.05) is 0 Å². The van der Waals surface area contributed by atoms with E-state index < -0.39 is 0 Å². The van der Waals surface area contributed by atoms with Gasteiger partial charge in [0.1, 0.15) is 5.82 Å². The summed E-state index contributed by atoms with van der Waals surface area (Å²) in [6, 6.07) is 13.1. The normalized spacial score (nSPS) is 11.6. The summed E-state index contributed by atoms with van der Waals surface area (Å²) in [4.78, 5) is 0.796. The van der Waals surface area contributed by atoms with Gasteiger partial charge in [0, 0.05) is 16.3 Å². The second-order valence-corrected chi connectivity index (χ2v) is 6.93. The van der Waals surface area contributed by atoms with Crippen LogP contribution >= 0.6 is 11.8 Å². The van der Waals surface area contributed by atoms with Crippen molar-refractivity contribution < 1.29 is 4.39 Å². The maximum Gasteiger partial charge on any atom is 0.124 e. The van der Waals surface area contributed by atoms with Crippen molar-refractivity contribution in [1.82, 2.24) is 0 Å². The van der Waals surface area contributed by atoms with Gasteiger partial charge >= 0.3 is 0 Å². The van der Waals surface area contributed by atoms with Crippen molar-refractivity contribution in [3.05, 3.63) is 59.4 Å². The number of rotatable bonds is 3. The van der Waals surface area contributed by atoms with E-state index in [0.717, 1.165) is 10.6 Å². The fourth-order valence-electron chi connectivity index (χ4n) is 1.90. The average molecular weight is 289 g/mol. The van der Waals surface area contributed by atoms with Gasteiger partial charge in [0.05, 0.1) is 0 Å². The molecule has 1 nitrogen and oxygen atoms in total. The molecule has 2 N–H and O–H groups in total. The van der Waals surface area contributed by atoms with E-state index >= 15 is 0 Å². The monoisotopic (exact) mass is 289 g/mol. The van der Waals surface area contributed by atoms with Gasteiger partial charge in [-0.1, -0.05) is 45.0 Å². The maximum absolute atomic E-state index is 13.2. The molecule has 0 aliphatic rings. The lowest BCUT2D eigenvalue weighted by Gasteiger charge is -2.19. The van der Waals surface area contributed by atoms with Crippen LogP contribution in [0.3, 0.4) is 0 Å². The van der Waals surface area contributed by atoms with Crippen molar-refractivity contribution in [3.8, 4) is 0 Å². The summed E-state index contributed by atoms with van der Waals surface area (Å²) < 4.78 is 13.2. The van der Waals surface area contributed by atoms with Crippen molar-refractivity contribution in [3.63, 3.8) is 0 Å². The van der Waals surface area contributed by atoms with Crippen LogP contribution < -0.4 is 5.73 Å². The molecule has 0 heterocycles. The molecule has 0 radical (unpaired) electrons. The van der Waals surface area contributed by atoms with E-state index in [1.54, 1.807) is 17.8 Å². The van der Waals surface area contributed by atoms with E-state index in [9.17, 15) is 4.39 Å².